The number of hydrogen-bond acceptors (Lipinski definition) is 5. The molecule has 1 aliphatic heterocycles. The Morgan fingerprint density at radius 1 is 1.10 bits per heavy atom. The third kappa shape index (κ3) is 4.82. The van der Waals surface area contributed by atoms with Gasteiger partial charge in [-0.05, 0) is 44.0 Å². The largest absolute Gasteiger partial charge is 0.454 e. The van der Waals surface area contributed by atoms with E-state index in [9.17, 15) is 4.79 Å². The highest BCUT2D eigenvalue weighted by molar-refractivity contribution is 7.99. The van der Waals surface area contributed by atoms with Gasteiger partial charge in [0.2, 0.25) is 12.7 Å². The third-order valence-corrected chi connectivity index (χ3v) is 5.47. The average molecular weight is 409 g/mol. The molecule has 0 radical (unpaired) electrons. The van der Waals surface area contributed by atoms with Crippen LogP contribution in [0.15, 0.2) is 53.6 Å². The second-order valence-corrected chi connectivity index (χ2v) is 9.06. The van der Waals surface area contributed by atoms with Crippen molar-refractivity contribution in [2.45, 2.75) is 37.8 Å². The van der Waals surface area contributed by atoms with Crippen LogP contribution in [0.4, 0.5) is 0 Å². The molecule has 1 amide bonds. The molecular weight excluding hydrogens is 384 g/mol. The van der Waals surface area contributed by atoms with Gasteiger partial charge in [0.25, 0.3) is 0 Å². The monoisotopic (exact) mass is 408 g/mol. The lowest BCUT2D eigenvalue weighted by atomic mass is 10.0. The number of carbonyl (C=O) groups is 1. The number of ether oxygens (including phenoxy) is 2. The number of rotatable bonds is 5. The number of thioether (sulfide) groups is 1. The highest BCUT2D eigenvalue weighted by atomic mass is 32.2. The van der Waals surface area contributed by atoms with E-state index in [2.05, 4.69) is 23.5 Å². The summed E-state index contributed by atoms with van der Waals surface area (Å²) >= 11 is 1.47. The number of pyridine rings is 1. The Balaban J connectivity index is 1.66. The minimum atomic E-state index is -0.251. The lowest BCUT2D eigenvalue weighted by molar-refractivity contribution is -0.119. The fraction of sp³-hybridized carbons (Fsp3) is 0.304. The topological polar surface area (TPSA) is 60.5 Å². The number of carbonyl (C=O) groups excluding carboxylic acids is 1. The van der Waals surface area contributed by atoms with Gasteiger partial charge in [0.1, 0.15) is 5.03 Å². The van der Waals surface area contributed by atoms with E-state index in [1.165, 1.54) is 17.3 Å². The van der Waals surface area contributed by atoms with Crippen molar-refractivity contribution in [3.8, 4) is 11.5 Å². The standard InChI is InChI=1S/C23H24N2O3S/c1-23(2,3)25-21(26)13-29-22-17(9-15-7-5-4-6-8-15)10-16-11-19-20(28-14-27-19)12-18(16)24-22/h4-8,10-12H,9,13-14H2,1-3H3,(H,25,26). The summed E-state index contributed by atoms with van der Waals surface area (Å²) in [5, 5.41) is 4.87. The molecule has 2 heterocycles. The Hall–Kier alpha value is -2.73. The summed E-state index contributed by atoms with van der Waals surface area (Å²) in [5.41, 5.74) is 2.88. The van der Waals surface area contributed by atoms with Crippen LogP contribution in [0, 0.1) is 0 Å². The first-order chi connectivity index (χ1) is 13.9. The van der Waals surface area contributed by atoms with Crippen LogP contribution in [0.3, 0.4) is 0 Å². The average Bonchev–Trinajstić information content (AvgIpc) is 3.11. The summed E-state index contributed by atoms with van der Waals surface area (Å²) in [5.74, 6) is 1.78. The Kier molecular flexibility index (Phi) is 5.37. The van der Waals surface area contributed by atoms with E-state index in [1.54, 1.807) is 0 Å². The molecule has 0 atom stereocenters. The van der Waals surface area contributed by atoms with Crippen LogP contribution in [0.2, 0.25) is 0 Å². The Bertz CT molecular complexity index is 1050. The maximum atomic E-state index is 12.3. The van der Waals surface area contributed by atoms with Crippen molar-refractivity contribution in [3.05, 3.63) is 59.7 Å². The minimum absolute atomic E-state index is 0.000690. The molecule has 0 unspecified atom stereocenters. The molecule has 29 heavy (non-hydrogen) atoms. The Morgan fingerprint density at radius 3 is 2.55 bits per heavy atom. The molecule has 0 aliphatic carbocycles. The number of benzene rings is 2. The zero-order valence-electron chi connectivity index (χ0n) is 16.8. The maximum absolute atomic E-state index is 12.3. The first kappa shape index (κ1) is 19.6. The Morgan fingerprint density at radius 2 is 1.83 bits per heavy atom. The molecule has 6 heteroatoms. The summed E-state index contributed by atoms with van der Waals surface area (Å²) in [7, 11) is 0. The molecule has 0 fully saturated rings. The molecule has 0 saturated carbocycles. The molecule has 4 rings (SSSR count). The van der Waals surface area contributed by atoms with Crippen molar-refractivity contribution < 1.29 is 14.3 Å². The summed E-state index contributed by atoms with van der Waals surface area (Å²) in [4.78, 5) is 17.2. The molecule has 0 bridgehead atoms. The van der Waals surface area contributed by atoms with Crippen LogP contribution in [0.1, 0.15) is 31.9 Å². The van der Waals surface area contributed by atoms with Gasteiger partial charge in [0.15, 0.2) is 11.5 Å². The maximum Gasteiger partial charge on any atom is 0.231 e. The van der Waals surface area contributed by atoms with Crippen molar-refractivity contribution in [1.29, 1.82) is 0 Å². The second kappa shape index (κ2) is 7.95. The van der Waals surface area contributed by atoms with Gasteiger partial charge in [-0.2, -0.15) is 0 Å². The molecule has 1 N–H and O–H groups in total. The predicted octanol–water partition coefficient (Wildman–Crippen LogP) is 4.56. The van der Waals surface area contributed by atoms with Crippen LogP contribution in [-0.4, -0.2) is 29.0 Å². The highest BCUT2D eigenvalue weighted by Gasteiger charge is 2.18. The van der Waals surface area contributed by atoms with Gasteiger partial charge in [0.05, 0.1) is 11.3 Å². The number of fused-ring (bicyclic) bond motifs is 2. The minimum Gasteiger partial charge on any atom is -0.454 e. The van der Waals surface area contributed by atoms with Crippen molar-refractivity contribution in [2.75, 3.05) is 12.5 Å². The zero-order chi connectivity index (χ0) is 20.4. The summed E-state index contributed by atoms with van der Waals surface area (Å²) in [6.07, 6.45) is 0.751. The van der Waals surface area contributed by atoms with Crippen LogP contribution < -0.4 is 14.8 Å². The van der Waals surface area contributed by atoms with Crippen molar-refractivity contribution in [2.24, 2.45) is 0 Å². The van der Waals surface area contributed by atoms with E-state index < -0.39 is 0 Å². The van der Waals surface area contributed by atoms with Crippen LogP contribution in [0.25, 0.3) is 10.9 Å². The van der Waals surface area contributed by atoms with Crippen molar-refractivity contribution >= 4 is 28.6 Å². The SMILES string of the molecule is CC(C)(C)NC(=O)CSc1nc2cc3c(cc2cc1Cc1ccccc1)OCO3. The van der Waals surface area contributed by atoms with Gasteiger partial charge in [-0.15, -0.1) is 0 Å². The number of aromatic nitrogens is 1. The summed E-state index contributed by atoms with van der Waals surface area (Å²) < 4.78 is 11.0. The molecule has 5 nitrogen and oxygen atoms in total. The van der Waals surface area contributed by atoms with E-state index in [0.717, 1.165) is 33.7 Å². The first-order valence-corrected chi connectivity index (χ1v) is 10.6. The number of nitrogens with zero attached hydrogens (tertiary/aromatic N) is 1. The summed E-state index contributed by atoms with van der Waals surface area (Å²) in [6, 6.07) is 16.3. The van der Waals surface area contributed by atoms with Gasteiger partial charge >= 0.3 is 0 Å². The number of amides is 1. The molecule has 0 saturated heterocycles. The van der Waals surface area contributed by atoms with Crippen molar-refractivity contribution in [1.82, 2.24) is 10.3 Å². The lowest BCUT2D eigenvalue weighted by Gasteiger charge is -2.20. The van der Waals surface area contributed by atoms with Crippen LogP contribution in [-0.2, 0) is 11.2 Å². The van der Waals surface area contributed by atoms with Gasteiger partial charge in [-0.25, -0.2) is 4.98 Å². The Labute approximate surface area is 174 Å². The van der Waals surface area contributed by atoms with E-state index in [4.69, 9.17) is 14.5 Å². The van der Waals surface area contributed by atoms with Crippen LogP contribution >= 0.6 is 11.8 Å². The zero-order valence-corrected chi connectivity index (χ0v) is 17.6. The predicted molar refractivity (Wildman–Crippen MR) is 116 cm³/mol. The molecule has 0 spiro atoms. The fourth-order valence-electron chi connectivity index (χ4n) is 3.25. The number of hydrogen-bond donors (Lipinski definition) is 1. The van der Waals surface area contributed by atoms with Gasteiger partial charge in [-0.3, -0.25) is 4.79 Å². The van der Waals surface area contributed by atoms with E-state index in [1.807, 2.05) is 51.1 Å². The second-order valence-electron chi connectivity index (χ2n) is 8.10. The lowest BCUT2D eigenvalue weighted by Crippen LogP contribution is -2.41. The van der Waals surface area contributed by atoms with E-state index in [-0.39, 0.29) is 18.2 Å². The molecule has 2 aromatic carbocycles. The quantitative estimate of drug-likeness (QED) is 0.627. The normalized spacial score (nSPS) is 12.9. The molecular formula is C23H24N2O3S. The van der Waals surface area contributed by atoms with Gasteiger partial charge < -0.3 is 14.8 Å². The summed E-state index contributed by atoms with van der Waals surface area (Å²) in [6.45, 7) is 6.17. The van der Waals surface area contributed by atoms with E-state index >= 15 is 0 Å². The first-order valence-electron chi connectivity index (χ1n) is 9.58. The van der Waals surface area contributed by atoms with E-state index in [0.29, 0.717) is 11.5 Å². The fourth-order valence-corrected chi connectivity index (χ4v) is 4.07. The number of nitrogens with one attached hydrogen (secondary N) is 1. The molecule has 3 aromatic rings. The molecule has 1 aromatic heterocycles. The molecule has 150 valence electrons. The van der Waals surface area contributed by atoms with Gasteiger partial charge in [0, 0.05) is 23.4 Å². The van der Waals surface area contributed by atoms with Gasteiger partial charge in [-0.1, -0.05) is 42.1 Å². The third-order valence-electron chi connectivity index (χ3n) is 4.44. The molecule has 1 aliphatic rings. The van der Waals surface area contributed by atoms with Crippen molar-refractivity contribution in [3.63, 3.8) is 0 Å². The highest BCUT2D eigenvalue weighted by Crippen LogP contribution is 2.37. The smallest absolute Gasteiger partial charge is 0.231 e. The van der Waals surface area contributed by atoms with Crippen LogP contribution in [0.5, 0.6) is 11.5 Å².